The first-order valence-corrected chi connectivity index (χ1v) is 6.84. The smallest absolute Gasteiger partial charge is 0.330 e. The molecule has 0 aromatic carbocycles. The summed E-state index contributed by atoms with van der Waals surface area (Å²) in [5.74, 6) is 0. The van der Waals surface area contributed by atoms with Crippen LogP contribution in [0.3, 0.4) is 0 Å². The summed E-state index contributed by atoms with van der Waals surface area (Å²) in [5.41, 5.74) is -1.09. The summed E-state index contributed by atoms with van der Waals surface area (Å²) in [6, 6.07) is 1.22. The van der Waals surface area contributed by atoms with Gasteiger partial charge < -0.3 is 19.3 Å². The molecule has 118 valence electrons. The van der Waals surface area contributed by atoms with Gasteiger partial charge in [-0.2, -0.15) is 0 Å². The van der Waals surface area contributed by atoms with E-state index in [4.69, 9.17) is 14.2 Å². The molecule has 21 heavy (non-hydrogen) atoms. The second-order valence-electron chi connectivity index (χ2n) is 4.81. The van der Waals surface area contributed by atoms with Crippen molar-refractivity contribution in [2.75, 3.05) is 20.3 Å². The topological polar surface area (TPSA) is 103 Å². The second-order valence-corrected chi connectivity index (χ2v) is 4.81. The van der Waals surface area contributed by atoms with E-state index in [2.05, 4.69) is 4.98 Å². The van der Waals surface area contributed by atoms with Gasteiger partial charge in [-0.05, 0) is 6.42 Å². The van der Waals surface area contributed by atoms with Gasteiger partial charge in [-0.25, -0.2) is 4.79 Å². The van der Waals surface area contributed by atoms with Gasteiger partial charge in [0, 0.05) is 19.4 Å². The molecular weight excluding hydrogens is 280 g/mol. The molecule has 0 spiro atoms. The van der Waals surface area contributed by atoms with E-state index >= 15 is 0 Å². The maximum atomic E-state index is 11.9. The summed E-state index contributed by atoms with van der Waals surface area (Å²) < 4.78 is 17.4. The lowest BCUT2D eigenvalue weighted by Gasteiger charge is -2.22. The summed E-state index contributed by atoms with van der Waals surface area (Å²) in [6.07, 6.45) is -0.847. The van der Waals surface area contributed by atoms with E-state index in [0.29, 0.717) is 13.0 Å². The molecule has 8 nitrogen and oxygen atoms in total. The summed E-state index contributed by atoms with van der Waals surface area (Å²) >= 11 is 0. The van der Waals surface area contributed by atoms with Crippen LogP contribution in [0.15, 0.2) is 21.9 Å². The summed E-state index contributed by atoms with van der Waals surface area (Å²) in [7, 11) is 1.55. The van der Waals surface area contributed by atoms with Crippen LogP contribution in [-0.4, -0.2) is 53.3 Å². The van der Waals surface area contributed by atoms with E-state index in [0.717, 1.165) is 0 Å². The van der Waals surface area contributed by atoms with Gasteiger partial charge in [-0.3, -0.25) is 14.3 Å². The molecule has 2 heterocycles. The molecule has 0 aliphatic carbocycles. The zero-order valence-corrected chi connectivity index (χ0v) is 12.0. The van der Waals surface area contributed by atoms with Crippen molar-refractivity contribution in [3.63, 3.8) is 0 Å². The molecule has 0 radical (unpaired) electrons. The van der Waals surface area contributed by atoms with Crippen LogP contribution in [0.4, 0.5) is 0 Å². The zero-order valence-electron chi connectivity index (χ0n) is 12.0. The third-order valence-corrected chi connectivity index (χ3v) is 3.44. The van der Waals surface area contributed by atoms with E-state index in [-0.39, 0.29) is 6.61 Å². The molecule has 1 aliphatic heterocycles. The summed E-state index contributed by atoms with van der Waals surface area (Å²) in [4.78, 5) is 25.2. The molecule has 8 heteroatoms. The van der Waals surface area contributed by atoms with Crippen molar-refractivity contribution in [2.24, 2.45) is 0 Å². The Kier molecular flexibility index (Phi) is 5.29. The molecule has 3 unspecified atom stereocenters. The Bertz CT molecular complexity index is 568. The second kappa shape index (κ2) is 6.99. The van der Waals surface area contributed by atoms with E-state index in [1.54, 1.807) is 7.11 Å². The average molecular weight is 300 g/mol. The number of aliphatic hydroxyl groups is 1. The molecule has 1 aromatic rings. The van der Waals surface area contributed by atoms with Crippen molar-refractivity contribution in [3.05, 3.63) is 33.1 Å². The number of H-pyrrole nitrogens is 1. The van der Waals surface area contributed by atoms with Crippen LogP contribution in [0.5, 0.6) is 0 Å². The minimum absolute atomic E-state index is 0.270. The first-order valence-electron chi connectivity index (χ1n) is 6.84. The van der Waals surface area contributed by atoms with Crippen molar-refractivity contribution in [1.82, 2.24) is 9.55 Å². The lowest BCUT2D eigenvalue weighted by molar-refractivity contribution is -0.0797. The Hall–Kier alpha value is -1.48. The fourth-order valence-corrected chi connectivity index (χ4v) is 2.35. The number of hydrogen-bond donors (Lipinski definition) is 2. The largest absolute Gasteiger partial charge is 0.388 e. The maximum absolute atomic E-state index is 11.9. The van der Waals surface area contributed by atoms with E-state index < -0.39 is 35.8 Å². The predicted octanol–water partition coefficient (Wildman–Crippen LogP) is -0.763. The van der Waals surface area contributed by atoms with Gasteiger partial charge in [0.15, 0.2) is 6.23 Å². The normalized spacial score (nSPS) is 28.9. The van der Waals surface area contributed by atoms with Gasteiger partial charge in [0.05, 0.1) is 19.3 Å². The molecule has 0 amide bonds. The van der Waals surface area contributed by atoms with Crippen molar-refractivity contribution < 1.29 is 19.3 Å². The van der Waals surface area contributed by atoms with E-state index in [9.17, 15) is 14.7 Å². The highest BCUT2D eigenvalue weighted by Crippen LogP contribution is 2.32. The number of rotatable bonds is 6. The number of aromatic nitrogens is 2. The maximum Gasteiger partial charge on any atom is 0.330 e. The predicted molar refractivity (Wildman–Crippen MR) is 73.1 cm³/mol. The number of nitrogens with one attached hydrogen (secondary N) is 1. The highest BCUT2D eigenvalue weighted by Gasteiger charge is 2.44. The van der Waals surface area contributed by atoms with Crippen molar-refractivity contribution in [2.45, 2.75) is 37.9 Å². The number of hydrogen-bond acceptors (Lipinski definition) is 6. The van der Waals surface area contributed by atoms with Gasteiger partial charge in [0.25, 0.3) is 5.56 Å². The van der Waals surface area contributed by atoms with Crippen LogP contribution < -0.4 is 11.2 Å². The molecule has 1 saturated heterocycles. The third kappa shape index (κ3) is 3.41. The Balaban J connectivity index is 2.25. The molecule has 1 fully saturated rings. The molecule has 0 bridgehead atoms. The summed E-state index contributed by atoms with van der Waals surface area (Å²) in [5, 5.41) is 10.2. The zero-order chi connectivity index (χ0) is 15.4. The van der Waals surface area contributed by atoms with Crippen molar-refractivity contribution >= 4 is 0 Å². The Labute approximate surface area is 121 Å². The monoisotopic (exact) mass is 300 g/mol. The third-order valence-electron chi connectivity index (χ3n) is 3.44. The number of nitrogens with zero attached hydrogens (tertiary/aromatic N) is 1. The van der Waals surface area contributed by atoms with Crippen LogP contribution in [0.25, 0.3) is 0 Å². The fraction of sp³-hybridized carbons (Fsp3) is 0.692. The first kappa shape index (κ1) is 15.9. The molecule has 0 saturated carbocycles. The van der Waals surface area contributed by atoms with Gasteiger partial charge in [0.2, 0.25) is 0 Å². The minimum atomic E-state index is -0.851. The number of aromatic amines is 1. The van der Waals surface area contributed by atoms with Gasteiger partial charge in [-0.15, -0.1) is 0 Å². The minimum Gasteiger partial charge on any atom is -0.388 e. The molecule has 2 N–H and O–H groups in total. The molecule has 2 rings (SSSR count). The standard InChI is InChI=1S/C13H20N2O6/c1-3-8-10(17)11(20-7-6-19-2)12(21-8)15-5-4-9(16)14-13(15)18/h4-5,8,10-12,17H,3,6-7H2,1-2H3,(H,14,16,18)/t8-,10?,11?,12?/m1/s1. The molecule has 1 aliphatic rings. The highest BCUT2D eigenvalue weighted by atomic mass is 16.6. The van der Waals surface area contributed by atoms with Crippen LogP contribution in [0.2, 0.25) is 0 Å². The number of aliphatic hydroxyl groups excluding tert-OH is 1. The van der Waals surface area contributed by atoms with Crippen molar-refractivity contribution in [1.29, 1.82) is 0 Å². The molecular formula is C13H20N2O6. The lowest BCUT2D eigenvalue weighted by atomic mass is 10.1. The van der Waals surface area contributed by atoms with Crippen LogP contribution >= 0.6 is 0 Å². The van der Waals surface area contributed by atoms with Crippen LogP contribution in [-0.2, 0) is 14.2 Å². The SMILES string of the molecule is CC[C@H]1OC(n2ccc(=O)[nH]c2=O)C(OCCOC)C1O. The van der Waals surface area contributed by atoms with Crippen molar-refractivity contribution in [3.8, 4) is 0 Å². The number of methoxy groups -OCH3 is 1. The Morgan fingerprint density at radius 1 is 1.43 bits per heavy atom. The van der Waals surface area contributed by atoms with Gasteiger partial charge in [-0.1, -0.05) is 6.92 Å². The first-order chi connectivity index (χ1) is 10.1. The van der Waals surface area contributed by atoms with E-state index in [1.165, 1.54) is 16.8 Å². The van der Waals surface area contributed by atoms with Crippen LogP contribution in [0.1, 0.15) is 19.6 Å². The van der Waals surface area contributed by atoms with Gasteiger partial charge >= 0.3 is 5.69 Å². The number of ether oxygens (including phenoxy) is 3. The lowest BCUT2D eigenvalue weighted by Crippen LogP contribution is -2.39. The molecule has 1 aromatic heterocycles. The average Bonchev–Trinajstić information content (AvgIpc) is 2.76. The fourth-order valence-electron chi connectivity index (χ4n) is 2.35. The quantitative estimate of drug-likeness (QED) is 0.669. The summed E-state index contributed by atoms with van der Waals surface area (Å²) in [6.45, 7) is 2.51. The Morgan fingerprint density at radius 2 is 2.19 bits per heavy atom. The van der Waals surface area contributed by atoms with E-state index in [1.807, 2.05) is 6.92 Å². The van der Waals surface area contributed by atoms with Crippen LogP contribution in [0, 0.1) is 0 Å². The Morgan fingerprint density at radius 3 is 2.81 bits per heavy atom. The molecule has 4 atom stereocenters. The van der Waals surface area contributed by atoms with Gasteiger partial charge in [0.1, 0.15) is 12.2 Å². The highest BCUT2D eigenvalue weighted by molar-refractivity contribution is 4.93.